The summed E-state index contributed by atoms with van der Waals surface area (Å²) in [7, 11) is 0. The Morgan fingerprint density at radius 2 is 1.28 bits per heavy atom. The molecule has 0 radical (unpaired) electrons. The van der Waals surface area contributed by atoms with Crippen LogP contribution in [0.1, 0.15) is 12.8 Å². The van der Waals surface area contributed by atoms with Crippen molar-refractivity contribution in [2.75, 3.05) is 0 Å². The lowest BCUT2D eigenvalue weighted by Crippen LogP contribution is -2.61. The Labute approximate surface area is 99.8 Å². The van der Waals surface area contributed by atoms with Gasteiger partial charge >= 0.3 is 23.9 Å². The standard InChI is InChI=1S/C10H8O8/c11-5(12)9(6(13)14)3-1-2-4-10(9,7(15)16)8(17)18/h1,3H2,(H,11,12)(H,13,14)(H,15,16)(H,17,18). The van der Waals surface area contributed by atoms with Gasteiger partial charge in [0, 0.05) is 6.42 Å². The quantitative estimate of drug-likeness (QED) is 0.373. The maximum Gasteiger partial charge on any atom is 0.335 e. The lowest BCUT2D eigenvalue weighted by molar-refractivity contribution is -0.190. The molecule has 8 nitrogen and oxygen atoms in total. The van der Waals surface area contributed by atoms with Crippen LogP contribution in [0.15, 0.2) is 0 Å². The first-order chi connectivity index (χ1) is 8.23. The molecule has 0 amide bonds. The Hall–Kier alpha value is -2.56. The van der Waals surface area contributed by atoms with Gasteiger partial charge in [-0.2, -0.15) is 0 Å². The Kier molecular flexibility index (Phi) is 3.02. The van der Waals surface area contributed by atoms with E-state index in [-0.39, 0.29) is 6.42 Å². The number of carbonyl (C=O) groups is 4. The van der Waals surface area contributed by atoms with Crippen LogP contribution in [0, 0.1) is 22.7 Å². The van der Waals surface area contributed by atoms with E-state index in [1.165, 1.54) is 0 Å². The van der Waals surface area contributed by atoms with Gasteiger partial charge in [-0.3, -0.25) is 9.59 Å². The predicted molar refractivity (Wildman–Crippen MR) is 52.4 cm³/mol. The van der Waals surface area contributed by atoms with Gasteiger partial charge in [0.1, 0.15) is 0 Å². The van der Waals surface area contributed by atoms with Crippen molar-refractivity contribution < 1.29 is 39.6 Å². The monoisotopic (exact) mass is 256 g/mol. The molecule has 0 aromatic carbocycles. The van der Waals surface area contributed by atoms with E-state index < -0.39 is 41.1 Å². The van der Waals surface area contributed by atoms with Crippen LogP contribution in [-0.4, -0.2) is 44.3 Å². The van der Waals surface area contributed by atoms with Gasteiger partial charge in [0.15, 0.2) is 0 Å². The van der Waals surface area contributed by atoms with Gasteiger partial charge in [0.25, 0.3) is 5.41 Å². The van der Waals surface area contributed by atoms with Crippen LogP contribution >= 0.6 is 0 Å². The first-order valence-electron chi connectivity index (χ1n) is 4.67. The number of carboxylic acids is 4. The van der Waals surface area contributed by atoms with Crippen LogP contribution in [0.5, 0.6) is 0 Å². The topological polar surface area (TPSA) is 149 Å². The van der Waals surface area contributed by atoms with E-state index in [1.54, 1.807) is 5.92 Å². The molecule has 1 aliphatic rings. The van der Waals surface area contributed by atoms with Crippen LogP contribution in [0.4, 0.5) is 0 Å². The smallest absolute Gasteiger partial charge is 0.335 e. The largest absolute Gasteiger partial charge is 0.480 e. The second-order valence-electron chi connectivity index (χ2n) is 3.68. The zero-order valence-electron chi connectivity index (χ0n) is 8.84. The van der Waals surface area contributed by atoms with E-state index in [0.717, 1.165) is 0 Å². The van der Waals surface area contributed by atoms with Gasteiger partial charge in [-0.15, -0.1) is 5.92 Å². The van der Waals surface area contributed by atoms with Gasteiger partial charge in [0.05, 0.1) is 0 Å². The summed E-state index contributed by atoms with van der Waals surface area (Å²) < 4.78 is 0. The van der Waals surface area contributed by atoms with Crippen LogP contribution in [0.3, 0.4) is 0 Å². The zero-order chi connectivity index (χ0) is 14.1. The van der Waals surface area contributed by atoms with Gasteiger partial charge in [0.2, 0.25) is 5.41 Å². The average molecular weight is 256 g/mol. The first kappa shape index (κ1) is 13.5. The lowest BCUT2D eigenvalue weighted by Gasteiger charge is -2.36. The highest BCUT2D eigenvalue weighted by Crippen LogP contribution is 2.46. The fraction of sp³-hybridized carbons (Fsp3) is 0.400. The highest BCUT2D eigenvalue weighted by Gasteiger charge is 2.71. The third-order valence-corrected chi connectivity index (χ3v) is 2.91. The Morgan fingerprint density at radius 1 is 0.833 bits per heavy atom. The molecule has 1 aliphatic carbocycles. The van der Waals surface area contributed by atoms with Gasteiger partial charge in [-0.1, -0.05) is 5.92 Å². The molecular weight excluding hydrogens is 248 g/mol. The molecule has 0 saturated carbocycles. The summed E-state index contributed by atoms with van der Waals surface area (Å²) in [5, 5.41) is 36.0. The third-order valence-electron chi connectivity index (χ3n) is 2.91. The number of aliphatic carboxylic acids is 4. The third kappa shape index (κ3) is 1.34. The average Bonchev–Trinajstić information content (AvgIpc) is 2.27. The molecule has 0 heterocycles. The molecule has 4 N–H and O–H groups in total. The van der Waals surface area contributed by atoms with Gasteiger partial charge < -0.3 is 20.4 Å². The van der Waals surface area contributed by atoms with Gasteiger partial charge in [-0.05, 0) is 6.42 Å². The van der Waals surface area contributed by atoms with E-state index in [9.17, 15) is 19.2 Å². The van der Waals surface area contributed by atoms with E-state index >= 15 is 0 Å². The van der Waals surface area contributed by atoms with E-state index in [1.807, 2.05) is 0 Å². The fourth-order valence-corrected chi connectivity index (χ4v) is 1.93. The zero-order valence-corrected chi connectivity index (χ0v) is 8.84. The molecular formula is C10H8O8. The van der Waals surface area contributed by atoms with Crippen molar-refractivity contribution in [2.24, 2.45) is 10.8 Å². The van der Waals surface area contributed by atoms with Crippen molar-refractivity contribution in [3.63, 3.8) is 0 Å². The Balaban J connectivity index is 3.75. The highest BCUT2D eigenvalue weighted by atomic mass is 16.4. The molecule has 0 fully saturated rings. The summed E-state index contributed by atoms with van der Waals surface area (Å²) in [6.45, 7) is 0. The minimum Gasteiger partial charge on any atom is -0.480 e. The molecule has 8 heteroatoms. The molecule has 96 valence electrons. The van der Waals surface area contributed by atoms with Crippen molar-refractivity contribution in [1.29, 1.82) is 0 Å². The molecule has 1 rings (SSSR count). The van der Waals surface area contributed by atoms with Crippen LogP contribution in [0.25, 0.3) is 0 Å². The fourth-order valence-electron chi connectivity index (χ4n) is 1.93. The minimum atomic E-state index is -3.19. The van der Waals surface area contributed by atoms with E-state index in [4.69, 9.17) is 20.4 Å². The number of carboxylic acid groups (broad SMARTS) is 4. The Morgan fingerprint density at radius 3 is 1.56 bits per heavy atom. The predicted octanol–water partition coefficient (Wildman–Crippen LogP) is -0.905. The Bertz CT molecular complexity index is 478. The number of rotatable bonds is 4. The normalized spacial score (nSPS) is 19.1. The summed E-state index contributed by atoms with van der Waals surface area (Å²) in [6, 6.07) is 0. The van der Waals surface area contributed by atoms with Crippen molar-refractivity contribution >= 4 is 23.9 Å². The molecule has 0 aliphatic heterocycles. The van der Waals surface area contributed by atoms with Crippen LogP contribution in [0.2, 0.25) is 0 Å². The number of hydrogen-bond donors (Lipinski definition) is 4. The summed E-state index contributed by atoms with van der Waals surface area (Å²) in [4.78, 5) is 44.6. The summed E-state index contributed by atoms with van der Waals surface area (Å²) in [5.74, 6) is -4.34. The summed E-state index contributed by atoms with van der Waals surface area (Å²) >= 11 is 0. The van der Waals surface area contributed by atoms with E-state index in [2.05, 4.69) is 5.92 Å². The molecule has 0 saturated heterocycles. The van der Waals surface area contributed by atoms with Gasteiger partial charge in [-0.25, -0.2) is 9.59 Å². The molecule has 0 atom stereocenters. The SMILES string of the molecule is O=C(O)C1(C(=O)O)C#CCCC1(C(=O)O)C(=O)O. The summed E-state index contributed by atoms with van der Waals surface area (Å²) in [6.07, 6.45) is -0.899. The van der Waals surface area contributed by atoms with Crippen molar-refractivity contribution in [2.45, 2.75) is 12.8 Å². The summed E-state index contributed by atoms with van der Waals surface area (Å²) in [5.41, 5.74) is -6.20. The molecule has 0 spiro atoms. The van der Waals surface area contributed by atoms with Crippen molar-refractivity contribution in [3.8, 4) is 11.8 Å². The highest BCUT2D eigenvalue weighted by molar-refractivity contribution is 6.15. The minimum absolute atomic E-state index is 0.207. The first-order valence-corrected chi connectivity index (χ1v) is 4.67. The van der Waals surface area contributed by atoms with E-state index in [0.29, 0.717) is 0 Å². The van der Waals surface area contributed by atoms with Crippen molar-refractivity contribution in [1.82, 2.24) is 0 Å². The maximum atomic E-state index is 11.2. The molecule has 0 aromatic heterocycles. The molecule has 0 unspecified atom stereocenters. The van der Waals surface area contributed by atoms with Crippen LogP contribution in [-0.2, 0) is 19.2 Å². The second kappa shape index (κ2) is 4.03. The van der Waals surface area contributed by atoms with Crippen LogP contribution < -0.4 is 0 Å². The maximum absolute atomic E-state index is 11.2. The molecule has 0 bridgehead atoms. The molecule has 18 heavy (non-hydrogen) atoms. The molecule has 0 aromatic rings. The lowest BCUT2D eigenvalue weighted by atomic mass is 9.59. The van der Waals surface area contributed by atoms with Crippen molar-refractivity contribution in [3.05, 3.63) is 0 Å². The second-order valence-corrected chi connectivity index (χ2v) is 3.68. The number of hydrogen-bond acceptors (Lipinski definition) is 4.